The van der Waals surface area contributed by atoms with Crippen LogP contribution in [0.4, 0.5) is 5.13 Å². The van der Waals surface area contributed by atoms with Gasteiger partial charge in [-0.15, -0.1) is 0 Å². The maximum atomic E-state index is 12.4. The highest BCUT2D eigenvalue weighted by molar-refractivity contribution is 7.89. The van der Waals surface area contributed by atoms with E-state index in [0.717, 1.165) is 47.7 Å². The molecule has 11 heteroatoms. The Bertz CT molecular complexity index is 1130. The van der Waals surface area contributed by atoms with Crippen LogP contribution in [-0.4, -0.2) is 61.9 Å². The second kappa shape index (κ2) is 10.5. The number of hydrogen-bond acceptors (Lipinski definition) is 7. The zero-order chi connectivity index (χ0) is 22.6. The van der Waals surface area contributed by atoms with Gasteiger partial charge < -0.3 is 4.90 Å². The number of rotatable bonds is 8. The number of halogens is 2. The highest BCUT2D eigenvalue weighted by atomic mass is 35.5. The molecule has 7 nitrogen and oxygen atoms in total. The van der Waals surface area contributed by atoms with E-state index in [1.54, 1.807) is 12.1 Å². The lowest BCUT2D eigenvalue weighted by atomic mass is 10.1. The minimum Gasteiger partial charge on any atom is -0.344 e. The number of benzene rings is 2. The van der Waals surface area contributed by atoms with Crippen molar-refractivity contribution in [1.29, 1.82) is 0 Å². The quantitative estimate of drug-likeness (QED) is 0.498. The normalized spacial score (nSPS) is 15.2. The van der Waals surface area contributed by atoms with E-state index in [4.69, 9.17) is 28.2 Å². The molecule has 4 rings (SSSR count). The topological polar surface area (TPSA) is 78.4 Å². The molecule has 0 spiro atoms. The lowest BCUT2D eigenvalue weighted by Gasteiger charge is -2.34. The fourth-order valence-corrected chi connectivity index (χ4v) is 5.44. The average Bonchev–Trinajstić information content (AvgIpc) is 3.24. The molecule has 3 aromatic rings. The molecule has 1 aliphatic rings. The number of aromatic nitrogens is 2. The van der Waals surface area contributed by atoms with Crippen LogP contribution < -0.4 is 9.62 Å². The Morgan fingerprint density at radius 2 is 1.56 bits per heavy atom. The number of sulfonamides is 1. The van der Waals surface area contributed by atoms with Crippen LogP contribution >= 0.6 is 34.7 Å². The van der Waals surface area contributed by atoms with E-state index < -0.39 is 10.0 Å². The van der Waals surface area contributed by atoms with Crippen molar-refractivity contribution in [1.82, 2.24) is 19.0 Å². The first-order valence-electron chi connectivity index (χ1n) is 10.2. The van der Waals surface area contributed by atoms with E-state index in [1.165, 1.54) is 23.7 Å². The molecule has 1 aromatic heterocycles. The molecule has 2 aromatic carbocycles. The van der Waals surface area contributed by atoms with E-state index in [0.29, 0.717) is 24.5 Å². The molecule has 2 heterocycles. The lowest BCUT2D eigenvalue weighted by Crippen LogP contribution is -2.48. The number of nitrogens with one attached hydrogen (secondary N) is 1. The highest BCUT2D eigenvalue weighted by Gasteiger charge is 2.21. The van der Waals surface area contributed by atoms with Crippen molar-refractivity contribution < 1.29 is 8.42 Å². The Kier molecular flexibility index (Phi) is 7.65. The molecular formula is C21H23Cl2N5O2S2. The van der Waals surface area contributed by atoms with Crippen molar-refractivity contribution in [2.45, 2.75) is 11.3 Å². The molecule has 1 N–H and O–H groups in total. The Morgan fingerprint density at radius 3 is 2.22 bits per heavy atom. The second-order valence-electron chi connectivity index (χ2n) is 7.48. The van der Waals surface area contributed by atoms with Crippen LogP contribution in [0.25, 0.3) is 0 Å². The SMILES string of the molecule is O=S(=O)(NCCN1CCN(c2nc(Cc3ccc(Cl)cc3)ns2)CC1)c1ccc(Cl)cc1. The largest absolute Gasteiger partial charge is 0.344 e. The summed E-state index contributed by atoms with van der Waals surface area (Å²) in [5, 5.41) is 2.16. The number of piperazine rings is 1. The molecule has 1 fully saturated rings. The zero-order valence-corrected chi connectivity index (χ0v) is 20.4. The summed E-state index contributed by atoms with van der Waals surface area (Å²) < 4.78 is 31.9. The van der Waals surface area contributed by atoms with Gasteiger partial charge in [-0.05, 0) is 42.0 Å². The fraction of sp³-hybridized carbons (Fsp3) is 0.333. The Morgan fingerprint density at radius 1 is 0.938 bits per heavy atom. The van der Waals surface area contributed by atoms with Crippen LogP contribution in [0.15, 0.2) is 53.4 Å². The molecule has 0 radical (unpaired) electrons. The van der Waals surface area contributed by atoms with Gasteiger partial charge in [0, 0.05) is 67.3 Å². The third kappa shape index (κ3) is 6.18. The fourth-order valence-electron chi connectivity index (χ4n) is 3.43. The van der Waals surface area contributed by atoms with Gasteiger partial charge in [0.1, 0.15) is 5.82 Å². The van der Waals surface area contributed by atoms with Gasteiger partial charge in [-0.3, -0.25) is 4.90 Å². The Labute approximate surface area is 202 Å². The van der Waals surface area contributed by atoms with Crippen LogP contribution in [0.2, 0.25) is 10.0 Å². The van der Waals surface area contributed by atoms with E-state index in [9.17, 15) is 8.42 Å². The molecule has 0 bridgehead atoms. The summed E-state index contributed by atoms with van der Waals surface area (Å²) >= 11 is 13.2. The lowest BCUT2D eigenvalue weighted by molar-refractivity contribution is 0.262. The molecule has 1 aliphatic heterocycles. The summed E-state index contributed by atoms with van der Waals surface area (Å²) in [6, 6.07) is 13.9. The standard InChI is InChI=1S/C21H23Cl2N5O2S2/c22-17-3-1-16(2-4-17)15-20-25-21(31-26-20)28-13-11-27(12-14-28)10-9-24-32(29,30)19-7-5-18(23)6-8-19/h1-8,24H,9-15H2. The molecule has 0 unspecified atom stereocenters. The number of nitrogens with zero attached hydrogens (tertiary/aromatic N) is 4. The van der Waals surface area contributed by atoms with Crippen molar-refractivity contribution in [3.8, 4) is 0 Å². The highest BCUT2D eigenvalue weighted by Crippen LogP contribution is 2.21. The van der Waals surface area contributed by atoms with Crippen LogP contribution in [0, 0.1) is 0 Å². The molecule has 0 saturated carbocycles. The van der Waals surface area contributed by atoms with Gasteiger partial charge in [0.2, 0.25) is 15.2 Å². The van der Waals surface area contributed by atoms with Crippen molar-refractivity contribution in [3.63, 3.8) is 0 Å². The summed E-state index contributed by atoms with van der Waals surface area (Å²) in [4.78, 5) is 9.39. The minimum atomic E-state index is -3.53. The average molecular weight is 512 g/mol. The predicted octanol–water partition coefficient (Wildman–Crippen LogP) is 3.54. The van der Waals surface area contributed by atoms with Crippen molar-refractivity contribution in [2.75, 3.05) is 44.2 Å². The van der Waals surface area contributed by atoms with Gasteiger partial charge >= 0.3 is 0 Å². The molecule has 0 amide bonds. The third-order valence-electron chi connectivity index (χ3n) is 5.22. The van der Waals surface area contributed by atoms with Crippen LogP contribution in [-0.2, 0) is 16.4 Å². The summed E-state index contributed by atoms with van der Waals surface area (Å²) in [6.45, 7) is 4.36. The van der Waals surface area contributed by atoms with Gasteiger partial charge in [0.15, 0.2) is 0 Å². The maximum Gasteiger partial charge on any atom is 0.240 e. The van der Waals surface area contributed by atoms with E-state index in [1.807, 2.05) is 24.3 Å². The summed E-state index contributed by atoms with van der Waals surface area (Å²) in [5.74, 6) is 0.811. The monoisotopic (exact) mass is 511 g/mol. The molecule has 0 aliphatic carbocycles. The van der Waals surface area contributed by atoms with Crippen LogP contribution in [0.3, 0.4) is 0 Å². The Hall–Kier alpha value is -1.75. The van der Waals surface area contributed by atoms with Crippen molar-refractivity contribution in [3.05, 3.63) is 70.0 Å². The summed E-state index contributed by atoms with van der Waals surface area (Å²) in [7, 11) is -3.53. The predicted molar refractivity (Wildman–Crippen MR) is 129 cm³/mol. The van der Waals surface area contributed by atoms with Gasteiger partial charge in [0.25, 0.3) is 0 Å². The van der Waals surface area contributed by atoms with Gasteiger partial charge in [-0.2, -0.15) is 4.37 Å². The third-order valence-corrected chi connectivity index (χ3v) is 8.02. The van der Waals surface area contributed by atoms with Gasteiger partial charge in [0.05, 0.1) is 4.90 Å². The minimum absolute atomic E-state index is 0.220. The summed E-state index contributed by atoms with van der Waals surface area (Å²) in [6.07, 6.45) is 0.682. The van der Waals surface area contributed by atoms with Crippen LogP contribution in [0.5, 0.6) is 0 Å². The molecular weight excluding hydrogens is 489 g/mol. The van der Waals surface area contributed by atoms with Gasteiger partial charge in [-0.1, -0.05) is 35.3 Å². The molecule has 0 atom stereocenters. The first-order chi connectivity index (χ1) is 15.4. The second-order valence-corrected chi connectivity index (χ2v) is 10.8. The van der Waals surface area contributed by atoms with Crippen molar-refractivity contribution >= 4 is 49.9 Å². The number of hydrogen-bond donors (Lipinski definition) is 1. The van der Waals surface area contributed by atoms with E-state index >= 15 is 0 Å². The van der Waals surface area contributed by atoms with E-state index in [2.05, 4.69) is 18.9 Å². The first kappa shape index (κ1) is 23.4. The van der Waals surface area contributed by atoms with Crippen LogP contribution in [0.1, 0.15) is 11.4 Å². The van der Waals surface area contributed by atoms with E-state index in [-0.39, 0.29) is 4.90 Å². The van der Waals surface area contributed by atoms with Crippen molar-refractivity contribution in [2.24, 2.45) is 0 Å². The Balaban J connectivity index is 1.23. The zero-order valence-electron chi connectivity index (χ0n) is 17.2. The first-order valence-corrected chi connectivity index (χ1v) is 13.2. The smallest absolute Gasteiger partial charge is 0.240 e. The van der Waals surface area contributed by atoms with Gasteiger partial charge in [-0.25, -0.2) is 18.1 Å². The number of anilines is 1. The summed E-state index contributed by atoms with van der Waals surface area (Å²) in [5.41, 5.74) is 1.13. The molecule has 170 valence electrons. The molecule has 32 heavy (non-hydrogen) atoms. The molecule has 1 saturated heterocycles. The maximum absolute atomic E-state index is 12.4.